The Kier molecular flexibility index (Phi) is 8.87. The van der Waals surface area contributed by atoms with Crippen LogP contribution >= 0.6 is 11.6 Å². The second-order valence-electron chi connectivity index (χ2n) is 9.02. The highest BCUT2D eigenvalue weighted by Gasteiger charge is 2.25. The van der Waals surface area contributed by atoms with E-state index in [0.29, 0.717) is 41.6 Å². The van der Waals surface area contributed by atoms with E-state index in [1.165, 1.54) is 29.0 Å². The molecule has 3 aromatic rings. The van der Waals surface area contributed by atoms with E-state index in [-0.39, 0.29) is 17.3 Å². The summed E-state index contributed by atoms with van der Waals surface area (Å²) in [6, 6.07) is 21.6. The van der Waals surface area contributed by atoms with Gasteiger partial charge in [-0.1, -0.05) is 41.9 Å². The molecule has 1 heterocycles. The molecule has 0 N–H and O–H groups in total. The van der Waals surface area contributed by atoms with Crippen LogP contribution in [0.15, 0.2) is 77.7 Å². The number of hydrogen-bond acceptors (Lipinski definition) is 5. The van der Waals surface area contributed by atoms with Crippen LogP contribution in [0.25, 0.3) is 0 Å². The molecule has 0 saturated carbocycles. The van der Waals surface area contributed by atoms with Crippen molar-refractivity contribution in [2.45, 2.75) is 24.9 Å². The Morgan fingerprint density at radius 1 is 0.973 bits per heavy atom. The molecular weight excluding hydrogens is 510 g/mol. The lowest BCUT2D eigenvalue weighted by atomic mass is 10.1. The van der Waals surface area contributed by atoms with Gasteiger partial charge in [0.2, 0.25) is 10.0 Å². The smallest absolute Gasteiger partial charge is 0.253 e. The van der Waals surface area contributed by atoms with E-state index in [4.69, 9.17) is 16.3 Å². The fraction of sp³-hybridized carbons (Fsp3) is 0.321. The number of ether oxygens (including phenoxy) is 1. The van der Waals surface area contributed by atoms with Crippen molar-refractivity contribution in [3.8, 4) is 5.75 Å². The standard InChI is InChI=1S/C28H32ClN3O4S/c1-3-36-27-14-9-23(19-24(27)21-30(2)37(34,35)26-12-10-25(29)11-13-26)28(33)32-17-15-31(16-18-32)20-22-7-5-4-6-8-22/h4-14,19H,3,15-18,20-21H2,1-2H3. The first-order valence-corrected chi connectivity index (χ1v) is 14.1. The van der Waals surface area contributed by atoms with Crippen LogP contribution in [0, 0.1) is 0 Å². The zero-order valence-electron chi connectivity index (χ0n) is 21.1. The Bertz CT molecular complexity index is 1310. The van der Waals surface area contributed by atoms with Crippen LogP contribution in [0.1, 0.15) is 28.4 Å². The van der Waals surface area contributed by atoms with Crippen LogP contribution in [-0.4, -0.2) is 68.3 Å². The second kappa shape index (κ2) is 12.1. The summed E-state index contributed by atoms with van der Waals surface area (Å²) in [4.78, 5) is 17.7. The monoisotopic (exact) mass is 541 g/mol. The molecular formula is C28H32ClN3O4S. The minimum atomic E-state index is -3.75. The van der Waals surface area contributed by atoms with Crippen LogP contribution in [0.2, 0.25) is 5.02 Å². The van der Waals surface area contributed by atoms with Crippen molar-refractivity contribution >= 4 is 27.5 Å². The Morgan fingerprint density at radius 3 is 2.30 bits per heavy atom. The Hall–Kier alpha value is -2.91. The van der Waals surface area contributed by atoms with Crippen molar-refractivity contribution in [3.05, 3.63) is 94.5 Å². The van der Waals surface area contributed by atoms with Crippen molar-refractivity contribution in [1.29, 1.82) is 0 Å². The first kappa shape index (κ1) is 27.1. The molecule has 0 atom stereocenters. The van der Waals surface area contributed by atoms with Crippen LogP contribution < -0.4 is 4.74 Å². The zero-order valence-corrected chi connectivity index (χ0v) is 22.7. The average molecular weight is 542 g/mol. The van der Waals surface area contributed by atoms with Gasteiger partial charge in [-0.05, 0) is 55.0 Å². The van der Waals surface area contributed by atoms with Gasteiger partial charge in [0.15, 0.2) is 0 Å². The van der Waals surface area contributed by atoms with Gasteiger partial charge in [-0.3, -0.25) is 9.69 Å². The molecule has 1 fully saturated rings. The molecule has 0 spiro atoms. The molecule has 0 aliphatic carbocycles. The number of halogens is 1. The maximum absolute atomic E-state index is 13.3. The van der Waals surface area contributed by atoms with E-state index in [1.54, 1.807) is 30.3 Å². The first-order chi connectivity index (χ1) is 17.8. The molecule has 7 nitrogen and oxygen atoms in total. The summed E-state index contributed by atoms with van der Waals surface area (Å²) in [5.74, 6) is 0.497. The fourth-order valence-corrected chi connectivity index (χ4v) is 5.65. The highest BCUT2D eigenvalue weighted by atomic mass is 35.5. The summed E-state index contributed by atoms with van der Waals surface area (Å²) < 4.78 is 33.2. The van der Waals surface area contributed by atoms with Gasteiger partial charge in [0.1, 0.15) is 5.75 Å². The largest absolute Gasteiger partial charge is 0.494 e. The van der Waals surface area contributed by atoms with Crippen LogP contribution in [0.3, 0.4) is 0 Å². The summed E-state index contributed by atoms with van der Waals surface area (Å²) in [7, 11) is -2.24. The number of nitrogens with zero attached hydrogens (tertiary/aromatic N) is 3. The molecule has 0 aromatic heterocycles. The minimum Gasteiger partial charge on any atom is -0.494 e. The van der Waals surface area contributed by atoms with E-state index in [2.05, 4.69) is 17.0 Å². The number of rotatable bonds is 9. The van der Waals surface area contributed by atoms with Gasteiger partial charge in [-0.25, -0.2) is 8.42 Å². The van der Waals surface area contributed by atoms with Gasteiger partial charge in [0.05, 0.1) is 11.5 Å². The molecule has 3 aromatic carbocycles. The van der Waals surface area contributed by atoms with Gasteiger partial charge in [0.25, 0.3) is 5.91 Å². The SMILES string of the molecule is CCOc1ccc(C(=O)N2CCN(Cc3ccccc3)CC2)cc1CN(C)S(=O)(=O)c1ccc(Cl)cc1. The number of carbonyl (C=O) groups excluding carboxylic acids is 1. The average Bonchev–Trinajstić information content (AvgIpc) is 2.90. The molecule has 1 aliphatic rings. The molecule has 0 radical (unpaired) electrons. The highest BCUT2D eigenvalue weighted by Crippen LogP contribution is 2.26. The van der Waals surface area contributed by atoms with Gasteiger partial charge in [-0.15, -0.1) is 0 Å². The molecule has 1 amide bonds. The normalized spacial score (nSPS) is 14.6. The quantitative estimate of drug-likeness (QED) is 0.398. The van der Waals surface area contributed by atoms with Crippen LogP contribution in [0.5, 0.6) is 5.75 Å². The molecule has 4 rings (SSSR count). The third-order valence-corrected chi connectivity index (χ3v) is 8.50. The number of hydrogen-bond donors (Lipinski definition) is 0. The van der Waals surface area contributed by atoms with Crippen molar-refractivity contribution in [2.75, 3.05) is 39.8 Å². The van der Waals surface area contributed by atoms with Crippen LogP contribution in [-0.2, 0) is 23.1 Å². The summed E-state index contributed by atoms with van der Waals surface area (Å²) in [6.07, 6.45) is 0. The van der Waals surface area contributed by atoms with Crippen molar-refractivity contribution in [1.82, 2.24) is 14.1 Å². The number of piperazine rings is 1. The van der Waals surface area contributed by atoms with Crippen molar-refractivity contribution in [3.63, 3.8) is 0 Å². The second-order valence-corrected chi connectivity index (χ2v) is 11.5. The van der Waals surface area contributed by atoms with Crippen LogP contribution in [0.4, 0.5) is 0 Å². The summed E-state index contributed by atoms with van der Waals surface area (Å²) in [6.45, 7) is 6.09. The number of sulfonamides is 1. The number of amides is 1. The maximum Gasteiger partial charge on any atom is 0.253 e. The summed E-state index contributed by atoms with van der Waals surface area (Å²) in [5.41, 5.74) is 2.42. The van der Waals surface area contributed by atoms with E-state index in [0.717, 1.165) is 19.6 Å². The minimum absolute atomic E-state index is 0.0618. The van der Waals surface area contributed by atoms with E-state index in [1.807, 2.05) is 30.0 Å². The van der Waals surface area contributed by atoms with Gasteiger partial charge >= 0.3 is 0 Å². The molecule has 0 bridgehead atoms. The number of benzene rings is 3. The highest BCUT2D eigenvalue weighted by molar-refractivity contribution is 7.89. The molecule has 0 unspecified atom stereocenters. The molecule has 9 heteroatoms. The van der Waals surface area contributed by atoms with Gasteiger partial charge in [-0.2, -0.15) is 4.31 Å². The molecule has 1 saturated heterocycles. The molecule has 196 valence electrons. The molecule has 37 heavy (non-hydrogen) atoms. The lowest BCUT2D eigenvalue weighted by Gasteiger charge is -2.35. The lowest BCUT2D eigenvalue weighted by Crippen LogP contribution is -2.48. The predicted molar refractivity (Wildman–Crippen MR) is 145 cm³/mol. The Labute approximate surface area is 224 Å². The lowest BCUT2D eigenvalue weighted by molar-refractivity contribution is 0.0628. The van der Waals surface area contributed by atoms with Gasteiger partial charge < -0.3 is 9.64 Å². The molecule has 1 aliphatic heterocycles. The Morgan fingerprint density at radius 2 is 1.65 bits per heavy atom. The summed E-state index contributed by atoms with van der Waals surface area (Å²) in [5, 5.41) is 0.465. The Balaban J connectivity index is 1.46. The van der Waals surface area contributed by atoms with E-state index in [9.17, 15) is 13.2 Å². The zero-order chi connectivity index (χ0) is 26.4. The first-order valence-electron chi connectivity index (χ1n) is 12.3. The topological polar surface area (TPSA) is 70.2 Å². The summed E-state index contributed by atoms with van der Waals surface area (Å²) >= 11 is 5.92. The predicted octanol–water partition coefficient (Wildman–Crippen LogP) is 4.52. The van der Waals surface area contributed by atoms with E-state index >= 15 is 0 Å². The fourth-order valence-electron chi connectivity index (χ4n) is 4.38. The third kappa shape index (κ3) is 6.70. The van der Waals surface area contributed by atoms with Crippen molar-refractivity contribution in [2.24, 2.45) is 0 Å². The van der Waals surface area contributed by atoms with E-state index < -0.39 is 10.0 Å². The van der Waals surface area contributed by atoms with Gasteiger partial charge in [0, 0.05) is 62.5 Å². The van der Waals surface area contributed by atoms with Crippen molar-refractivity contribution < 1.29 is 17.9 Å². The third-order valence-electron chi connectivity index (χ3n) is 6.43. The maximum atomic E-state index is 13.3. The number of carbonyl (C=O) groups is 1.